The number of nitro groups is 1. The maximum absolute atomic E-state index is 11.7. The first kappa shape index (κ1) is 14.7. The van der Waals surface area contributed by atoms with E-state index in [0.29, 0.717) is 5.69 Å². The standard InChI is InChI=1S/C12H17N3O4S/c1-9-4-3-7-14(9)11-6-5-10(20(18,19)13-2)8-12(11)15(16)17/h5-6,8-9,13H,3-4,7H2,1-2H3. The molecule has 1 aliphatic rings. The SMILES string of the molecule is CNS(=O)(=O)c1ccc(N2CCCC2C)c([N+](=O)[O-])c1. The van der Waals surface area contributed by atoms with E-state index in [-0.39, 0.29) is 16.6 Å². The number of benzene rings is 1. The van der Waals surface area contributed by atoms with Crippen LogP contribution in [0.4, 0.5) is 11.4 Å². The highest BCUT2D eigenvalue weighted by atomic mass is 32.2. The zero-order valence-electron chi connectivity index (χ0n) is 11.4. The van der Waals surface area contributed by atoms with Crippen molar-refractivity contribution in [2.24, 2.45) is 0 Å². The lowest BCUT2D eigenvalue weighted by Gasteiger charge is -2.23. The quantitative estimate of drug-likeness (QED) is 0.671. The molecule has 1 saturated heterocycles. The average Bonchev–Trinajstić information content (AvgIpc) is 2.84. The zero-order chi connectivity index (χ0) is 14.9. The Morgan fingerprint density at radius 1 is 1.45 bits per heavy atom. The molecule has 20 heavy (non-hydrogen) atoms. The van der Waals surface area contributed by atoms with Crippen molar-refractivity contribution in [2.45, 2.75) is 30.7 Å². The highest BCUT2D eigenvalue weighted by molar-refractivity contribution is 7.89. The number of anilines is 1. The second-order valence-corrected chi connectivity index (χ2v) is 6.69. The van der Waals surface area contributed by atoms with Gasteiger partial charge in [-0.1, -0.05) is 0 Å². The molecule has 1 unspecified atom stereocenters. The lowest BCUT2D eigenvalue weighted by molar-refractivity contribution is -0.384. The topological polar surface area (TPSA) is 92.6 Å². The third-order valence-corrected chi connectivity index (χ3v) is 5.00. The largest absolute Gasteiger partial charge is 0.363 e. The molecule has 0 bridgehead atoms. The predicted molar refractivity (Wildman–Crippen MR) is 75.4 cm³/mol. The van der Waals surface area contributed by atoms with Crippen LogP contribution in [0.3, 0.4) is 0 Å². The maximum atomic E-state index is 11.7. The van der Waals surface area contributed by atoms with Crippen molar-refractivity contribution in [3.05, 3.63) is 28.3 Å². The molecule has 2 rings (SSSR count). The van der Waals surface area contributed by atoms with E-state index in [2.05, 4.69) is 4.72 Å². The van der Waals surface area contributed by atoms with Crippen LogP contribution < -0.4 is 9.62 Å². The van der Waals surface area contributed by atoms with E-state index in [4.69, 9.17) is 0 Å². The number of sulfonamides is 1. The molecule has 0 spiro atoms. The third kappa shape index (κ3) is 2.61. The smallest absolute Gasteiger partial charge is 0.293 e. The van der Waals surface area contributed by atoms with Crippen molar-refractivity contribution in [3.8, 4) is 0 Å². The molecule has 1 N–H and O–H groups in total. The van der Waals surface area contributed by atoms with Crippen LogP contribution in [0.5, 0.6) is 0 Å². The van der Waals surface area contributed by atoms with Gasteiger partial charge < -0.3 is 4.90 Å². The van der Waals surface area contributed by atoms with E-state index >= 15 is 0 Å². The van der Waals surface area contributed by atoms with Gasteiger partial charge in [0.25, 0.3) is 5.69 Å². The molecule has 110 valence electrons. The summed E-state index contributed by atoms with van der Waals surface area (Å²) in [6.07, 6.45) is 1.96. The van der Waals surface area contributed by atoms with Crippen LogP contribution in [0.15, 0.2) is 23.1 Å². The van der Waals surface area contributed by atoms with E-state index in [1.54, 1.807) is 0 Å². The fourth-order valence-corrected chi connectivity index (χ4v) is 3.22. The molecule has 0 aliphatic carbocycles. The van der Waals surface area contributed by atoms with Gasteiger partial charge >= 0.3 is 0 Å². The molecule has 1 aromatic carbocycles. The predicted octanol–water partition coefficient (Wildman–Crippen LogP) is 1.49. The first-order valence-corrected chi connectivity index (χ1v) is 7.84. The zero-order valence-corrected chi connectivity index (χ0v) is 12.2. The second kappa shape index (κ2) is 5.37. The first-order chi connectivity index (χ1) is 9.36. The van der Waals surface area contributed by atoms with Crippen LogP contribution in [0, 0.1) is 10.1 Å². The Morgan fingerprint density at radius 3 is 2.65 bits per heavy atom. The average molecular weight is 299 g/mol. The monoisotopic (exact) mass is 299 g/mol. The molecule has 1 atom stereocenters. The van der Waals surface area contributed by atoms with Gasteiger partial charge in [-0.3, -0.25) is 10.1 Å². The van der Waals surface area contributed by atoms with Crippen LogP contribution in [0.1, 0.15) is 19.8 Å². The van der Waals surface area contributed by atoms with E-state index in [0.717, 1.165) is 25.5 Å². The Labute approximate surface area is 117 Å². The van der Waals surface area contributed by atoms with Crippen molar-refractivity contribution in [3.63, 3.8) is 0 Å². The minimum Gasteiger partial charge on any atom is -0.363 e. The highest BCUT2D eigenvalue weighted by Gasteiger charge is 2.28. The first-order valence-electron chi connectivity index (χ1n) is 6.35. The number of hydrogen-bond donors (Lipinski definition) is 1. The van der Waals surface area contributed by atoms with E-state index in [1.165, 1.54) is 19.2 Å². The Hall–Kier alpha value is -1.67. The van der Waals surface area contributed by atoms with Crippen molar-refractivity contribution in [1.82, 2.24) is 4.72 Å². The van der Waals surface area contributed by atoms with Gasteiger partial charge in [-0.05, 0) is 38.9 Å². The van der Waals surface area contributed by atoms with E-state index < -0.39 is 14.9 Å². The fraction of sp³-hybridized carbons (Fsp3) is 0.500. The maximum Gasteiger partial charge on any atom is 0.293 e. The Bertz CT molecular complexity index is 630. The van der Waals surface area contributed by atoms with Gasteiger partial charge in [-0.25, -0.2) is 13.1 Å². The molecule has 1 heterocycles. The van der Waals surface area contributed by atoms with Gasteiger partial charge in [0.05, 0.1) is 9.82 Å². The van der Waals surface area contributed by atoms with Crippen LogP contribution >= 0.6 is 0 Å². The molecule has 0 aromatic heterocycles. The molecule has 1 fully saturated rings. The summed E-state index contributed by atoms with van der Waals surface area (Å²) < 4.78 is 25.6. The summed E-state index contributed by atoms with van der Waals surface area (Å²) in [7, 11) is -2.41. The molecule has 1 aliphatic heterocycles. The lowest BCUT2D eigenvalue weighted by atomic mass is 10.2. The summed E-state index contributed by atoms with van der Waals surface area (Å²) in [5.41, 5.74) is 0.310. The summed E-state index contributed by atoms with van der Waals surface area (Å²) in [5.74, 6) is 0. The van der Waals surface area contributed by atoms with Gasteiger partial charge in [-0.2, -0.15) is 0 Å². The molecular formula is C12H17N3O4S. The van der Waals surface area contributed by atoms with Crippen molar-refractivity contribution >= 4 is 21.4 Å². The summed E-state index contributed by atoms with van der Waals surface area (Å²) in [6.45, 7) is 2.76. The minimum atomic E-state index is -3.68. The summed E-state index contributed by atoms with van der Waals surface area (Å²) >= 11 is 0. The van der Waals surface area contributed by atoms with Gasteiger partial charge in [0.1, 0.15) is 5.69 Å². The Balaban J connectivity index is 2.52. The molecular weight excluding hydrogens is 282 g/mol. The van der Waals surface area contributed by atoms with E-state index in [9.17, 15) is 18.5 Å². The van der Waals surface area contributed by atoms with Crippen LogP contribution in [0.25, 0.3) is 0 Å². The summed E-state index contributed by atoms with van der Waals surface area (Å²) in [4.78, 5) is 12.5. The normalized spacial score (nSPS) is 19.3. The summed E-state index contributed by atoms with van der Waals surface area (Å²) in [5, 5.41) is 11.2. The molecule has 0 radical (unpaired) electrons. The number of nitro benzene ring substituents is 1. The van der Waals surface area contributed by atoms with Crippen molar-refractivity contribution < 1.29 is 13.3 Å². The minimum absolute atomic E-state index is 0.0951. The van der Waals surface area contributed by atoms with Crippen LogP contribution in [0.2, 0.25) is 0 Å². The van der Waals surface area contributed by atoms with Gasteiger partial charge in [0.15, 0.2) is 0 Å². The molecule has 7 nitrogen and oxygen atoms in total. The number of nitrogens with zero attached hydrogens (tertiary/aromatic N) is 2. The lowest BCUT2D eigenvalue weighted by Crippen LogP contribution is -2.27. The second-order valence-electron chi connectivity index (χ2n) is 4.80. The number of rotatable bonds is 4. The van der Waals surface area contributed by atoms with Crippen LogP contribution in [-0.4, -0.2) is 33.0 Å². The van der Waals surface area contributed by atoms with Gasteiger partial charge in [0, 0.05) is 18.7 Å². The number of hydrogen-bond acceptors (Lipinski definition) is 5. The van der Waals surface area contributed by atoms with E-state index in [1.807, 2.05) is 11.8 Å². The van der Waals surface area contributed by atoms with Gasteiger partial charge in [-0.15, -0.1) is 0 Å². The molecule has 8 heteroatoms. The van der Waals surface area contributed by atoms with Crippen molar-refractivity contribution in [2.75, 3.05) is 18.5 Å². The molecule has 1 aromatic rings. The molecule has 0 saturated carbocycles. The fourth-order valence-electron chi connectivity index (χ4n) is 2.47. The van der Waals surface area contributed by atoms with Crippen molar-refractivity contribution in [1.29, 1.82) is 0 Å². The third-order valence-electron chi connectivity index (χ3n) is 3.59. The van der Waals surface area contributed by atoms with Crippen LogP contribution in [-0.2, 0) is 10.0 Å². The highest BCUT2D eigenvalue weighted by Crippen LogP contribution is 2.35. The Kier molecular flexibility index (Phi) is 3.96. The summed E-state index contributed by atoms with van der Waals surface area (Å²) in [6, 6.07) is 4.26. The Morgan fingerprint density at radius 2 is 2.15 bits per heavy atom. The van der Waals surface area contributed by atoms with Gasteiger partial charge in [0.2, 0.25) is 10.0 Å². The molecule has 0 amide bonds. The number of nitrogens with one attached hydrogen (secondary N) is 1.